The van der Waals surface area contributed by atoms with Crippen molar-refractivity contribution in [1.29, 1.82) is 0 Å². The molecule has 0 unspecified atom stereocenters. The van der Waals surface area contributed by atoms with E-state index in [-0.39, 0.29) is 21.7 Å². The summed E-state index contributed by atoms with van der Waals surface area (Å²) in [6.07, 6.45) is 0. The van der Waals surface area contributed by atoms with Crippen molar-refractivity contribution in [3.63, 3.8) is 0 Å². The molecule has 4 aromatic rings. The second-order valence-electron chi connectivity index (χ2n) is 7.91. The monoisotopic (exact) mass is 557 g/mol. The lowest BCUT2D eigenvalue weighted by molar-refractivity contribution is 0.525. The van der Waals surface area contributed by atoms with Crippen molar-refractivity contribution in [3.8, 4) is 11.5 Å². The van der Waals surface area contributed by atoms with E-state index in [1.165, 1.54) is 0 Å². The second-order valence-corrected chi connectivity index (χ2v) is 11.1. The summed E-state index contributed by atoms with van der Waals surface area (Å²) in [5.74, 6) is 0.543. The zero-order valence-electron chi connectivity index (χ0n) is 18.1. The fourth-order valence-corrected chi connectivity index (χ4v) is 5.73. The van der Waals surface area contributed by atoms with Crippen LogP contribution in [-0.4, -0.2) is 39.6 Å². The highest BCUT2D eigenvalue weighted by molar-refractivity contribution is 9.10. The average Bonchev–Trinajstić information content (AvgIpc) is 3.32. The van der Waals surface area contributed by atoms with Crippen LogP contribution in [0.2, 0.25) is 5.02 Å². The van der Waals surface area contributed by atoms with Crippen LogP contribution in [0.5, 0.6) is 0 Å². The van der Waals surface area contributed by atoms with Gasteiger partial charge in [-0.25, -0.2) is 8.42 Å². The SMILES string of the molecule is O=S(=O)(c1ccccc1)c1nc(-c2ccc(Br)cc2)oc1N1CCN(c2cccc(Cl)c2)CC1. The molecule has 1 aliphatic heterocycles. The Morgan fingerprint density at radius 3 is 2.21 bits per heavy atom. The number of hydrogen-bond acceptors (Lipinski definition) is 6. The van der Waals surface area contributed by atoms with Gasteiger partial charge in [-0.05, 0) is 54.6 Å². The van der Waals surface area contributed by atoms with Gasteiger partial charge in [0.15, 0.2) is 0 Å². The largest absolute Gasteiger partial charge is 0.419 e. The Hall–Kier alpha value is -2.81. The van der Waals surface area contributed by atoms with Crippen LogP contribution >= 0.6 is 27.5 Å². The highest BCUT2D eigenvalue weighted by Crippen LogP contribution is 2.36. The van der Waals surface area contributed by atoms with Crippen LogP contribution < -0.4 is 9.80 Å². The van der Waals surface area contributed by atoms with E-state index in [4.69, 9.17) is 16.0 Å². The highest BCUT2D eigenvalue weighted by Gasteiger charge is 2.32. The van der Waals surface area contributed by atoms with Crippen molar-refractivity contribution >= 4 is 48.9 Å². The lowest BCUT2D eigenvalue weighted by Crippen LogP contribution is -2.46. The van der Waals surface area contributed by atoms with Crippen LogP contribution in [0.1, 0.15) is 0 Å². The number of rotatable bonds is 5. The molecule has 9 heteroatoms. The van der Waals surface area contributed by atoms with Crippen molar-refractivity contribution in [3.05, 3.63) is 88.4 Å². The van der Waals surface area contributed by atoms with Gasteiger partial charge in [0.05, 0.1) is 4.90 Å². The third-order valence-electron chi connectivity index (χ3n) is 5.72. The van der Waals surface area contributed by atoms with Gasteiger partial charge in [-0.3, -0.25) is 0 Å². The van der Waals surface area contributed by atoms with Gasteiger partial charge in [0, 0.05) is 46.9 Å². The molecule has 0 N–H and O–H groups in total. The maximum Gasteiger partial charge on any atom is 0.236 e. The molecule has 2 heterocycles. The number of benzene rings is 3. The first kappa shape index (κ1) is 23.0. The molecule has 0 radical (unpaired) electrons. The molecule has 0 aliphatic carbocycles. The second kappa shape index (κ2) is 9.44. The number of hydrogen-bond donors (Lipinski definition) is 0. The third-order valence-corrected chi connectivity index (χ3v) is 8.15. The number of halogens is 2. The molecule has 1 saturated heterocycles. The van der Waals surface area contributed by atoms with Crippen molar-refractivity contribution in [2.45, 2.75) is 9.92 Å². The van der Waals surface area contributed by atoms with Crippen molar-refractivity contribution in [2.75, 3.05) is 36.0 Å². The predicted molar refractivity (Wildman–Crippen MR) is 137 cm³/mol. The van der Waals surface area contributed by atoms with E-state index in [2.05, 4.69) is 25.8 Å². The van der Waals surface area contributed by atoms with Gasteiger partial charge in [0.1, 0.15) is 0 Å². The van der Waals surface area contributed by atoms with E-state index in [1.54, 1.807) is 30.3 Å². The van der Waals surface area contributed by atoms with Crippen molar-refractivity contribution < 1.29 is 12.8 Å². The first-order valence-electron chi connectivity index (χ1n) is 10.7. The normalized spacial score (nSPS) is 14.4. The summed E-state index contributed by atoms with van der Waals surface area (Å²) >= 11 is 9.58. The van der Waals surface area contributed by atoms with Crippen LogP contribution in [0, 0.1) is 0 Å². The topological polar surface area (TPSA) is 66.7 Å². The van der Waals surface area contributed by atoms with E-state index in [0.29, 0.717) is 36.8 Å². The number of sulfone groups is 1. The fourth-order valence-electron chi connectivity index (χ4n) is 3.94. The Bertz CT molecular complexity index is 1400. The lowest BCUT2D eigenvalue weighted by Gasteiger charge is -2.36. The number of piperazine rings is 1. The molecular weight excluding hydrogens is 538 g/mol. The molecule has 3 aromatic carbocycles. The number of oxazole rings is 1. The Morgan fingerprint density at radius 2 is 1.53 bits per heavy atom. The molecule has 0 amide bonds. The van der Waals surface area contributed by atoms with Crippen LogP contribution in [0.25, 0.3) is 11.5 Å². The zero-order valence-corrected chi connectivity index (χ0v) is 21.2. The minimum Gasteiger partial charge on any atom is -0.419 e. The minimum atomic E-state index is -3.87. The van der Waals surface area contributed by atoms with Gasteiger partial charge in [0.25, 0.3) is 0 Å². The maximum absolute atomic E-state index is 13.5. The molecule has 174 valence electrons. The van der Waals surface area contributed by atoms with E-state index in [1.807, 2.05) is 53.4 Å². The maximum atomic E-state index is 13.5. The standard InChI is InChI=1S/C25H21BrClN3O3S/c26-19-11-9-18(10-12-19)23-28-24(34(31,32)22-7-2-1-3-8-22)25(33-23)30-15-13-29(14-16-30)21-6-4-5-20(27)17-21/h1-12,17H,13-16H2. The van der Waals surface area contributed by atoms with Crippen molar-refractivity contribution in [1.82, 2.24) is 4.98 Å². The summed E-state index contributed by atoms with van der Waals surface area (Å²) in [4.78, 5) is 8.84. The Balaban J connectivity index is 1.50. The molecule has 6 nitrogen and oxygen atoms in total. The van der Waals surface area contributed by atoms with Gasteiger partial charge < -0.3 is 14.2 Å². The first-order chi connectivity index (χ1) is 16.4. The van der Waals surface area contributed by atoms with Gasteiger partial charge in [-0.15, -0.1) is 0 Å². The van der Waals surface area contributed by atoms with Crippen molar-refractivity contribution in [2.24, 2.45) is 0 Å². The van der Waals surface area contributed by atoms with E-state index >= 15 is 0 Å². The molecule has 0 saturated carbocycles. The van der Waals surface area contributed by atoms with E-state index < -0.39 is 9.84 Å². The van der Waals surface area contributed by atoms with Gasteiger partial charge in [-0.1, -0.05) is 51.8 Å². The van der Waals surface area contributed by atoms with Crippen LogP contribution in [-0.2, 0) is 9.84 Å². The minimum absolute atomic E-state index is 0.0622. The number of nitrogens with zero attached hydrogens (tertiary/aromatic N) is 3. The third kappa shape index (κ3) is 4.58. The molecular formula is C25H21BrClN3O3S. The highest BCUT2D eigenvalue weighted by atomic mass is 79.9. The molecule has 5 rings (SSSR count). The smallest absolute Gasteiger partial charge is 0.236 e. The van der Waals surface area contributed by atoms with Gasteiger partial charge >= 0.3 is 0 Å². The van der Waals surface area contributed by atoms with Crippen LogP contribution in [0.15, 0.2) is 97.7 Å². The first-order valence-corrected chi connectivity index (χ1v) is 13.4. The molecule has 0 atom stereocenters. The fraction of sp³-hybridized carbons (Fsp3) is 0.160. The summed E-state index contributed by atoms with van der Waals surface area (Å²) in [7, 11) is -3.87. The van der Waals surface area contributed by atoms with Crippen LogP contribution in [0.4, 0.5) is 11.6 Å². The summed E-state index contributed by atoms with van der Waals surface area (Å²) < 4.78 is 34.1. The summed E-state index contributed by atoms with van der Waals surface area (Å²) in [5, 5.41) is 0.623. The molecule has 0 bridgehead atoms. The summed E-state index contributed by atoms with van der Waals surface area (Å²) in [6, 6.07) is 23.5. The molecule has 1 fully saturated rings. The lowest BCUT2D eigenvalue weighted by atomic mass is 10.2. The zero-order chi connectivity index (χ0) is 23.7. The Morgan fingerprint density at radius 1 is 0.853 bits per heavy atom. The average molecular weight is 559 g/mol. The number of aromatic nitrogens is 1. The van der Waals surface area contributed by atoms with Gasteiger partial charge in [-0.2, -0.15) is 4.98 Å². The van der Waals surface area contributed by atoms with E-state index in [0.717, 1.165) is 10.2 Å². The van der Waals surface area contributed by atoms with Crippen LogP contribution in [0.3, 0.4) is 0 Å². The number of anilines is 2. The quantitative estimate of drug-likeness (QED) is 0.303. The van der Waals surface area contributed by atoms with E-state index in [9.17, 15) is 8.42 Å². The predicted octanol–water partition coefficient (Wildman–Crippen LogP) is 5.92. The Kier molecular flexibility index (Phi) is 6.38. The van der Waals surface area contributed by atoms with Gasteiger partial charge in [0.2, 0.25) is 26.6 Å². The Labute approximate surface area is 211 Å². The summed E-state index contributed by atoms with van der Waals surface area (Å²) in [6.45, 7) is 2.55. The molecule has 1 aromatic heterocycles. The molecule has 0 spiro atoms. The molecule has 34 heavy (non-hydrogen) atoms. The molecule has 1 aliphatic rings. The summed E-state index contributed by atoms with van der Waals surface area (Å²) in [5.41, 5.74) is 1.74.